The number of aromatic nitrogens is 1. The molecule has 1 fully saturated rings. The van der Waals surface area contributed by atoms with Gasteiger partial charge in [0.1, 0.15) is 5.82 Å². The Morgan fingerprint density at radius 2 is 2.21 bits per heavy atom. The lowest BCUT2D eigenvalue weighted by molar-refractivity contribution is -0.137. The second-order valence-corrected chi connectivity index (χ2v) is 4.99. The van der Waals surface area contributed by atoms with Crippen molar-refractivity contribution in [3.63, 3.8) is 0 Å². The Bertz CT molecular complexity index is 403. The SMILES string of the molecule is C[C@H]1CCCN[C@H]1CNc1ccc(C(F)(F)F)cn1. The Labute approximate surface area is 110 Å². The van der Waals surface area contributed by atoms with Gasteiger partial charge in [0, 0.05) is 18.8 Å². The van der Waals surface area contributed by atoms with Crippen LogP contribution in [0.4, 0.5) is 19.0 Å². The molecule has 0 aromatic carbocycles. The molecular formula is C13H18F3N3. The Balaban J connectivity index is 1.89. The number of halogens is 3. The minimum Gasteiger partial charge on any atom is -0.369 e. The molecular weight excluding hydrogens is 255 g/mol. The van der Waals surface area contributed by atoms with Crippen molar-refractivity contribution in [1.29, 1.82) is 0 Å². The molecule has 2 N–H and O–H groups in total. The molecule has 0 radical (unpaired) electrons. The van der Waals surface area contributed by atoms with E-state index in [1.54, 1.807) is 0 Å². The first-order valence-corrected chi connectivity index (χ1v) is 6.47. The first kappa shape index (κ1) is 14.1. The van der Waals surface area contributed by atoms with Crippen LogP contribution in [0.1, 0.15) is 25.3 Å². The molecule has 3 nitrogen and oxygen atoms in total. The number of rotatable bonds is 3. The second kappa shape index (κ2) is 5.77. The van der Waals surface area contributed by atoms with E-state index in [-0.39, 0.29) is 0 Å². The van der Waals surface area contributed by atoms with E-state index in [1.165, 1.54) is 18.9 Å². The fraction of sp³-hybridized carbons (Fsp3) is 0.615. The van der Waals surface area contributed by atoms with E-state index >= 15 is 0 Å². The lowest BCUT2D eigenvalue weighted by atomic mass is 9.93. The lowest BCUT2D eigenvalue weighted by Crippen LogP contribution is -2.44. The van der Waals surface area contributed by atoms with Gasteiger partial charge in [-0.3, -0.25) is 0 Å². The van der Waals surface area contributed by atoms with E-state index in [9.17, 15) is 13.2 Å². The second-order valence-electron chi connectivity index (χ2n) is 4.99. The molecule has 1 aromatic rings. The monoisotopic (exact) mass is 273 g/mol. The maximum absolute atomic E-state index is 12.4. The Morgan fingerprint density at radius 3 is 2.79 bits per heavy atom. The number of nitrogens with one attached hydrogen (secondary N) is 2. The van der Waals surface area contributed by atoms with Gasteiger partial charge in [0.05, 0.1) is 5.56 Å². The van der Waals surface area contributed by atoms with Gasteiger partial charge < -0.3 is 10.6 Å². The summed E-state index contributed by atoms with van der Waals surface area (Å²) in [5.74, 6) is 1.04. The molecule has 1 aliphatic rings. The first-order valence-electron chi connectivity index (χ1n) is 6.47. The highest BCUT2D eigenvalue weighted by molar-refractivity contribution is 5.36. The highest BCUT2D eigenvalue weighted by Gasteiger charge is 2.30. The maximum atomic E-state index is 12.4. The van der Waals surface area contributed by atoms with Gasteiger partial charge >= 0.3 is 6.18 Å². The molecule has 1 aliphatic heterocycles. The van der Waals surface area contributed by atoms with E-state index in [4.69, 9.17) is 0 Å². The number of hydrogen-bond acceptors (Lipinski definition) is 3. The minimum atomic E-state index is -4.33. The summed E-state index contributed by atoms with van der Waals surface area (Å²) in [5.41, 5.74) is -0.720. The van der Waals surface area contributed by atoms with Gasteiger partial charge in [-0.1, -0.05) is 6.92 Å². The third kappa shape index (κ3) is 3.83. The normalized spacial score (nSPS) is 24.2. The summed E-state index contributed by atoms with van der Waals surface area (Å²) in [5, 5.41) is 6.49. The summed E-state index contributed by atoms with van der Waals surface area (Å²) in [4.78, 5) is 3.80. The molecule has 0 unspecified atom stereocenters. The van der Waals surface area contributed by atoms with E-state index in [2.05, 4.69) is 22.5 Å². The number of nitrogens with zero attached hydrogens (tertiary/aromatic N) is 1. The molecule has 1 saturated heterocycles. The minimum absolute atomic E-state index is 0.345. The van der Waals surface area contributed by atoms with Gasteiger partial charge in [-0.2, -0.15) is 13.2 Å². The zero-order valence-corrected chi connectivity index (χ0v) is 10.8. The van der Waals surface area contributed by atoms with Crippen LogP contribution in [0.3, 0.4) is 0 Å². The largest absolute Gasteiger partial charge is 0.417 e. The number of piperidine rings is 1. The van der Waals surface area contributed by atoms with Crippen molar-refractivity contribution in [2.75, 3.05) is 18.4 Å². The summed E-state index contributed by atoms with van der Waals surface area (Å²) in [6.07, 6.45) is -1.11. The van der Waals surface area contributed by atoms with Gasteiger partial charge in [0.2, 0.25) is 0 Å². The molecule has 2 rings (SSSR count). The number of anilines is 1. The topological polar surface area (TPSA) is 37.0 Å². The molecule has 0 aliphatic carbocycles. The van der Waals surface area contributed by atoms with Crippen LogP contribution in [0.2, 0.25) is 0 Å². The van der Waals surface area contributed by atoms with Crippen molar-refractivity contribution in [1.82, 2.24) is 10.3 Å². The van der Waals surface area contributed by atoms with Crippen LogP contribution in [0.5, 0.6) is 0 Å². The summed E-state index contributed by atoms with van der Waals surface area (Å²) in [6, 6.07) is 2.77. The van der Waals surface area contributed by atoms with Crippen LogP contribution in [0, 0.1) is 5.92 Å². The van der Waals surface area contributed by atoms with Crippen molar-refractivity contribution >= 4 is 5.82 Å². The molecule has 1 aromatic heterocycles. The molecule has 106 valence electrons. The lowest BCUT2D eigenvalue weighted by Gasteiger charge is -2.30. The number of alkyl halides is 3. The zero-order chi connectivity index (χ0) is 13.9. The summed E-state index contributed by atoms with van der Waals surface area (Å²) < 4.78 is 37.1. The van der Waals surface area contributed by atoms with E-state index in [1.807, 2.05) is 0 Å². The van der Waals surface area contributed by atoms with Crippen LogP contribution < -0.4 is 10.6 Å². The van der Waals surface area contributed by atoms with Gasteiger partial charge in [-0.05, 0) is 37.4 Å². The van der Waals surface area contributed by atoms with Crippen LogP contribution in [-0.4, -0.2) is 24.1 Å². The van der Waals surface area contributed by atoms with Gasteiger partial charge in [-0.25, -0.2) is 4.98 Å². The average molecular weight is 273 g/mol. The molecule has 0 saturated carbocycles. The van der Waals surface area contributed by atoms with Crippen molar-refractivity contribution in [3.8, 4) is 0 Å². The Kier molecular flexibility index (Phi) is 4.29. The van der Waals surface area contributed by atoms with Crippen LogP contribution in [0.15, 0.2) is 18.3 Å². The molecule has 2 atom stereocenters. The molecule has 2 heterocycles. The molecule has 0 bridgehead atoms. The first-order chi connectivity index (χ1) is 8.97. The van der Waals surface area contributed by atoms with E-state index < -0.39 is 11.7 Å². The standard InChI is InChI=1S/C13H18F3N3/c1-9-3-2-6-17-11(9)8-19-12-5-4-10(7-18-12)13(14,15)16/h4-5,7,9,11,17H,2-3,6,8H2,1H3,(H,18,19)/t9-,11-/m0/s1. The third-order valence-electron chi connectivity index (χ3n) is 3.52. The summed E-state index contributed by atoms with van der Waals surface area (Å²) in [7, 11) is 0. The van der Waals surface area contributed by atoms with Gasteiger partial charge in [0.15, 0.2) is 0 Å². The average Bonchev–Trinajstić information content (AvgIpc) is 2.37. The van der Waals surface area contributed by atoms with E-state index in [0.717, 1.165) is 18.8 Å². The van der Waals surface area contributed by atoms with E-state index in [0.29, 0.717) is 24.3 Å². The maximum Gasteiger partial charge on any atom is 0.417 e. The van der Waals surface area contributed by atoms with Crippen molar-refractivity contribution in [3.05, 3.63) is 23.9 Å². The third-order valence-corrected chi connectivity index (χ3v) is 3.52. The highest BCUT2D eigenvalue weighted by atomic mass is 19.4. The Morgan fingerprint density at radius 1 is 1.42 bits per heavy atom. The van der Waals surface area contributed by atoms with Crippen LogP contribution in [-0.2, 0) is 6.18 Å². The zero-order valence-electron chi connectivity index (χ0n) is 10.8. The molecule has 6 heteroatoms. The number of hydrogen-bond donors (Lipinski definition) is 2. The molecule has 19 heavy (non-hydrogen) atoms. The summed E-state index contributed by atoms with van der Waals surface area (Å²) in [6.45, 7) is 3.86. The van der Waals surface area contributed by atoms with Crippen molar-refractivity contribution in [2.45, 2.75) is 32.0 Å². The molecule has 0 spiro atoms. The fourth-order valence-corrected chi connectivity index (χ4v) is 2.27. The summed E-state index contributed by atoms with van der Waals surface area (Å²) >= 11 is 0. The van der Waals surface area contributed by atoms with Crippen molar-refractivity contribution < 1.29 is 13.2 Å². The van der Waals surface area contributed by atoms with Crippen LogP contribution >= 0.6 is 0 Å². The fourth-order valence-electron chi connectivity index (χ4n) is 2.27. The predicted octanol–water partition coefficient (Wildman–Crippen LogP) is 2.90. The molecule has 0 amide bonds. The quantitative estimate of drug-likeness (QED) is 0.889. The van der Waals surface area contributed by atoms with Gasteiger partial charge in [-0.15, -0.1) is 0 Å². The Hall–Kier alpha value is -1.30. The predicted molar refractivity (Wildman–Crippen MR) is 67.9 cm³/mol. The number of pyridine rings is 1. The van der Waals surface area contributed by atoms with Crippen molar-refractivity contribution in [2.24, 2.45) is 5.92 Å². The smallest absolute Gasteiger partial charge is 0.369 e. The van der Waals surface area contributed by atoms with Gasteiger partial charge in [0.25, 0.3) is 0 Å². The van der Waals surface area contributed by atoms with Crippen LogP contribution in [0.25, 0.3) is 0 Å². The highest BCUT2D eigenvalue weighted by Crippen LogP contribution is 2.28.